The second-order valence-electron chi connectivity index (χ2n) is 12.6. The van der Waals surface area contributed by atoms with Crippen molar-refractivity contribution in [1.29, 1.82) is 0 Å². The topological polar surface area (TPSA) is 172 Å². The predicted molar refractivity (Wildman–Crippen MR) is 252 cm³/mol. The van der Waals surface area contributed by atoms with Crippen LogP contribution in [-0.2, 0) is 0 Å². The first-order valence-electron chi connectivity index (χ1n) is 18.0. The molecule has 0 saturated heterocycles. The zero-order valence-electron chi connectivity index (χ0n) is 32.4. The van der Waals surface area contributed by atoms with Crippen molar-refractivity contribution in [3.63, 3.8) is 0 Å². The minimum absolute atomic E-state index is 0. The molecule has 10 aromatic rings. The normalized spacial score (nSPS) is 10.1. The van der Waals surface area contributed by atoms with Crippen molar-refractivity contribution >= 4 is 62.2 Å². The molecule has 14 nitrogen and oxygen atoms in total. The molecule has 0 amide bonds. The number of fused-ring (bicyclic) bond motifs is 2. The number of halogens is 2. The average molecular weight is 908 g/mol. The van der Waals surface area contributed by atoms with Crippen LogP contribution in [0.1, 0.15) is 44.4 Å². The molecule has 9 aromatic heterocycles. The van der Waals surface area contributed by atoms with Gasteiger partial charge in [-0.25, -0.2) is 37.7 Å². The number of nitrogens with zero attached hydrogens (tertiary/aromatic N) is 11. The summed E-state index contributed by atoms with van der Waals surface area (Å²) in [5.74, 6) is 1.92. The van der Waals surface area contributed by atoms with Crippen molar-refractivity contribution in [2.75, 3.05) is 11.1 Å². The molecular formula is C44H47F2N13OS3. The van der Waals surface area contributed by atoms with Gasteiger partial charge in [0.1, 0.15) is 16.8 Å². The number of nitrogen functional groups attached to an aromatic ring is 1. The van der Waals surface area contributed by atoms with Crippen molar-refractivity contribution in [3.05, 3.63) is 154 Å². The van der Waals surface area contributed by atoms with Gasteiger partial charge in [0.05, 0.1) is 28.8 Å². The molecule has 0 fully saturated rings. The lowest BCUT2D eigenvalue weighted by molar-refractivity contribution is 0.464. The quantitative estimate of drug-likeness (QED) is 0.162. The van der Waals surface area contributed by atoms with Gasteiger partial charge in [-0.15, -0.1) is 44.2 Å². The number of ether oxygens (including phenoxy) is 1. The van der Waals surface area contributed by atoms with E-state index in [-0.39, 0.29) is 28.0 Å². The molecule has 326 valence electrons. The summed E-state index contributed by atoms with van der Waals surface area (Å²) in [6.07, 6.45) is 8.89. The smallest absolute Gasteiger partial charge is 0.247 e. The van der Waals surface area contributed by atoms with Crippen LogP contribution in [0.2, 0.25) is 0 Å². The van der Waals surface area contributed by atoms with Crippen LogP contribution in [0.25, 0.3) is 32.7 Å². The Kier molecular flexibility index (Phi) is 17.5. The van der Waals surface area contributed by atoms with Crippen molar-refractivity contribution in [2.24, 2.45) is 0 Å². The maximum Gasteiger partial charge on any atom is 0.247 e. The van der Waals surface area contributed by atoms with Gasteiger partial charge in [0.15, 0.2) is 27.5 Å². The van der Waals surface area contributed by atoms with Crippen LogP contribution in [0.4, 0.5) is 26.0 Å². The highest BCUT2D eigenvalue weighted by Crippen LogP contribution is 2.29. The fraction of sp³-hybridized carbons (Fsp3) is 0.159. The largest absolute Gasteiger partial charge is 0.437 e. The average Bonchev–Trinajstić information content (AvgIpc) is 4.11. The van der Waals surface area contributed by atoms with Gasteiger partial charge in [0.25, 0.3) is 0 Å². The highest BCUT2D eigenvalue weighted by atomic mass is 32.1. The SMILES string of the molecule is C.C.C.Cc1csc(-c2nc(Nc3ccncc3F)c3cccn3n2)n1.Cc1csc(-c2nc(Oc3ccccc3)c3cccn3n2)n1.Cc1csc(C)n1.Nc1ccncc1F. The molecule has 9 heterocycles. The Morgan fingerprint density at radius 2 is 1.16 bits per heavy atom. The fourth-order valence-corrected chi connectivity index (χ4v) is 7.20. The molecule has 63 heavy (non-hydrogen) atoms. The number of pyridine rings is 2. The van der Waals surface area contributed by atoms with Gasteiger partial charge in [-0.2, -0.15) is 4.98 Å². The number of benzene rings is 1. The summed E-state index contributed by atoms with van der Waals surface area (Å²) in [6, 6.07) is 20.1. The third-order valence-electron chi connectivity index (χ3n) is 7.89. The second-order valence-corrected chi connectivity index (χ2v) is 15.4. The summed E-state index contributed by atoms with van der Waals surface area (Å²) >= 11 is 4.69. The van der Waals surface area contributed by atoms with E-state index in [1.807, 2.05) is 105 Å². The number of nitrogens with one attached hydrogen (secondary N) is 1. The molecule has 0 radical (unpaired) electrons. The van der Waals surface area contributed by atoms with Crippen molar-refractivity contribution in [3.8, 4) is 33.3 Å². The molecule has 0 aliphatic heterocycles. The first-order chi connectivity index (χ1) is 29.1. The third-order valence-corrected chi connectivity index (χ3v) is 10.7. The van der Waals surface area contributed by atoms with Crippen molar-refractivity contribution < 1.29 is 13.5 Å². The van der Waals surface area contributed by atoms with E-state index in [9.17, 15) is 8.78 Å². The summed E-state index contributed by atoms with van der Waals surface area (Å²) in [5.41, 5.74) is 10.1. The van der Waals surface area contributed by atoms with E-state index in [4.69, 9.17) is 10.5 Å². The molecule has 3 N–H and O–H groups in total. The summed E-state index contributed by atoms with van der Waals surface area (Å²) in [7, 11) is 0. The Bertz CT molecular complexity index is 2930. The lowest BCUT2D eigenvalue weighted by Crippen LogP contribution is -2.04. The molecule has 0 unspecified atom stereocenters. The molecule has 10 rings (SSSR count). The maximum absolute atomic E-state index is 13.8. The third kappa shape index (κ3) is 12.7. The van der Waals surface area contributed by atoms with Gasteiger partial charge in [0.2, 0.25) is 17.5 Å². The number of nitrogens with two attached hydrogens (primary N) is 1. The van der Waals surface area contributed by atoms with Gasteiger partial charge >= 0.3 is 0 Å². The minimum atomic E-state index is -0.465. The Morgan fingerprint density at radius 1 is 0.603 bits per heavy atom. The van der Waals surface area contributed by atoms with Crippen LogP contribution in [0.3, 0.4) is 0 Å². The van der Waals surface area contributed by atoms with Crippen LogP contribution in [-0.4, -0.2) is 54.1 Å². The van der Waals surface area contributed by atoms with Gasteiger partial charge in [-0.1, -0.05) is 40.5 Å². The number of hydrogen-bond acceptors (Lipinski definition) is 15. The van der Waals surface area contributed by atoms with Crippen molar-refractivity contribution in [2.45, 2.75) is 50.0 Å². The first-order valence-corrected chi connectivity index (χ1v) is 20.6. The van der Waals surface area contributed by atoms with Gasteiger partial charge in [-0.05, 0) is 76.2 Å². The molecule has 19 heteroatoms. The standard InChI is InChI=1S/C16H12N4OS.C15H11FN6S.C5H5FN2.C5H7NS.3CH4/c1-11-10-22-16(17-11)14-18-15(13-8-5-9-20(13)19-14)21-12-6-3-2-4-7-12;1-9-8-23-15(18-9)14-20-13(12-3-2-6-22(12)21-14)19-11-4-5-17-7-10(11)16;6-4-3-8-2-1-5(4)7;1-4-3-7-5(2)6-4;;;/h2-10H,1H3;2-8H,1H3,(H,17,19,20,21);1-3H,(H2,7,8);3H,1-2H3;3*1H4. The van der Waals surface area contributed by atoms with E-state index >= 15 is 0 Å². The first kappa shape index (κ1) is 48.6. The minimum Gasteiger partial charge on any atom is -0.437 e. The summed E-state index contributed by atoms with van der Waals surface area (Å²) < 4.78 is 35.4. The van der Waals surface area contributed by atoms with Gasteiger partial charge in [0, 0.05) is 58.0 Å². The predicted octanol–water partition coefficient (Wildman–Crippen LogP) is 11.9. The number of aryl methyl sites for hydroxylation is 4. The highest BCUT2D eigenvalue weighted by Gasteiger charge is 2.15. The molecule has 0 bridgehead atoms. The Morgan fingerprint density at radius 3 is 1.67 bits per heavy atom. The van der Waals surface area contributed by atoms with E-state index in [1.165, 1.54) is 41.1 Å². The fourth-order valence-electron chi connectivity index (χ4n) is 5.16. The van der Waals surface area contributed by atoms with E-state index in [1.54, 1.807) is 26.4 Å². The van der Waals surface area contributed by atoms with Crippen LogP contribution >= 0.6 is 34.0 Å². The monoisotopic (exact) mass is 907 g/mol. The lowest BCUT2D eigenvalue weighted by atomic mass is 10.3. The Labute approximate surface area is 376 Å². The van der Waals surface area contributed by atoms with Gasteiger partial charge < -0.3 is 15.8 Å². The van der Waals surface area contributed by atoms with Crippen LogP contribution < -0.4 is 15.8 Å². The van der Waals surface area contributed by atoms with E-state index in [0.717, 1.165) is 61.3 Å². The molecule has 0 saturated carbocycles. The van der Waals surface area contributed by atoms with Crippen LogP contribution in [0.15, 0.2) is 120 Å². The Balaban J connectivity index is 0.000000202. The number of thiazole rings is 3. The van der Waals surface area contributed by atoms with E-state index in [0.29, 0.717) is 29.0 Å². The number of hydrogen-bond donors (Lipinski definition) is 2. The number of anilines is 3. The summed E-state index contributed by atoms with van der Waals surface area (Å²) in [6.45, 7) is 7.89. The lowest BCUT2D eigenvalue weighted by Gasteiger charge is -2.09. The molecule has 0 aliphatic rings. The van der Waals surface area contributed by atoms with Crippen LogP contribution in [0, 0.1) is 39.3 Å². The summed E-state index contributed by atoms with van der Waals surface area (Å²) in [5, 5.41) is 20.6. The molecule has 1 aromatic carbocycles. The van der Waals surface area contributed by atoms with Crippen LogP contribution in [0.5, 0.6) is 11.6 Å². The highest BCUT2D eigenvalue weighted by molar-refractivity contribution is 7.13. The molecule has 0 spiro atoms. The van der Waals surface area contributed by atoms with E-state index < -0.39 is 11.6 Å². The van der Waals surface area contributed by atoms with E-state index in [2.05, 4.69) is 55.8 Å². The maximum atomic E-state index is 13.8. The van der Waals surface area contributed by atoms with Crippen molar-refractivity contribution in [1.82, 2.24) is 54.1 Å². The molecular weight excluding hydrogens is 861 g/mol. The number of aromatic nitrogens is 11. The van der Waals surface area contributed by atoms with Gasteiger partial charge in [-0.3, -0.25) is 9.97 Å². The molecule has 0 atom stereocenters. The number of para-hydroxylation sites is 1. The summed E-state index contributed by atoms with van der Waals surface area (Å²) in [4.78, 5) is 29.3. The zero-order valence-corrected chi connectivity index (χ0v) is 34.9. The zero-order chi connectivity index (χ0) is 42.0. The Hall–Kier alpha value is -7.09. The second kappa shape index (κ2) is 22.7. The number of rotatable bonds is 6. The molecule has 0 aliphatic carbocycles.